The zero-order valence-electron chi connectivity index (χ0n) is 10.8. The standard InChI is InChI=1S/C12H15F3N2O3/c1-2-20-10-4-3-9(5-8(10)6-18)17-11(19)16-7-12(13,14)15/h3-5,18H,2,6-7H2,1H3,(H2,16,17,19). The van der Waals surface area contributed by atoms with Crippen molar-refractivity contribution in [1.29, 1.82) is 0 Å². The van der Waals surface area contributed by atoms with Crippen LogP contribution in [0, 0.1) is 0 Å². The van der Waals surface area contributed by atoms with Gasteiger partial charge in [0.25, 0.3) is 0 Å². The number of alkyl halides is 3. The van der Waals surface area contributed by atoms with E-state index in [1.54, 1.807) is 12.2 Å². The van der Waals surface area contributed by atoms with E-state index in [0.717, 1.165) is 0 Å². The van der Waals surface area contributed by atoms with Crippen LogP contribution in [0.2, 0.25) is 0 Å². The minimum atomic E-state index is -4.47. The predicted octanol–water partition coefficient (Wildman–Crippen LogP) is 2.26. The average Bonchev–Trinajstić information content (AvgIpc) is 2.37. The van der Waals surface area contributed by atoms with Gasteiger partial charge in [-0.25, -0.2) is 4.79 Å². The van der Waals surface area contributed by atoms with E-state index in [1.165, 1.54) is 18.2 Å². The summed E-state index contributed by atoms with van der Waals surface area (Å²) in [6.07, 6.45) is -4.47. The molecule has 0 atom stereocenters. The summed E-state index contributed by atoms with van der Waals surface area (Å²) in [6, 6.07) is 3.44. The van der Waals surface area contributed by atoms with Gasteiger partial charge < -0.3 is 20.5 Å². The first-order valence-electron chi connectivity index (χ1n) is 5.84. The molecule has 0 heterocycles. The third-order valence-electron chi connectivity index (χ3n) is 2.24. The number of hydrogen-bond donors (Lipinski definition) is 3. The maximum absolute atomic E-state index is 11.9. The normalized spacial score (nSPS) is 11.1. The van der Waals surface area contributed by atoms with Crippen LogP contribution in [0.15, 0.2) is 18.2 Å². The molecular weight excluding hydrogens is 277 g/mol. The van der Waals surface area contributed by atoms with Crippen LogP contribution in [0.1, 0.15) is 12.5 Å². The zero-order valence-corrected chi connectivity index (χ0v) is 10.8. The van der Waals surface area contributed by atoms with E-state index in [-0.39, 0.29) is 12.3 Å². The summed E-state index contributed by atoms with van der Waals surface area (Å²) >= 11 is 0. The van der Waals surface area contributed by atoms with Crippen molar-refractivity contribution in [1.82, 2.24) is 5.32 Å². The van der Waals surface area contributed by atoms with E-state index in [2.05, 4.69) is 5.32 Å². The number of anilines is 1. The summed E-state index contributed by atoms with van der Waals surface area (Å²) in [4.78, 5) is 11.3. The van der Waals surface area contributed by atoms with Gasteiger partial charge in [0.2, 0.25) is 0 Å². The van der Waals surface area contributed by atoms with Crippen LogP contribution in [-0.4, -0.2) is 30.5 Å². The van der Waals surface area contributed by atoms with Crippen molar-refractivity contribution in [3.05, 3.63) is 23.8 Å². The Kier molecular flexibility index (Phi) is 5.63. The fourth-order valence-corrected chi connectivity index (χ4v) is 1.43. The Morgan fingerprint density at radius 2 is 2.10 bits per heavy atom. The van der Waals surface area contributed by atoms with Gasteiger partial charge in [-0.15, -0.1) is 0 Å². The second-order valence-corrected chi connectivity index (χ2v) is 3.84. The highest BCUT2D eigenvalue weighted by atomic mass is 19.4. The van der Waals surface area contributed by atoms with Crippen molar-refractivity contribution in [2.75, 3.05) is 18.5 Å². The predicted molar refractivity (Wildman–Crippen MR) is 66.6 cm³/mol. The third kappa shape index (κ3) is 5.35. The molecule has 20 heavy (non-hydrogen) atoms. The lowest BCUT2D eigenvalue weighted by Gasteiger charge is -2.12. The fourth-order valence-electron chi connectivity index (χ4n) is 1.43. The maximum atomic E-state index is 11.9. The molecule has 0 saturated heterocycles. The Hall–Kier alpha value is -1.96. The van der Waals surface area contributed by atoms with E-state index in [0.29, 0.717) is 17.9 Å². The minimum Gasteiger partial charge on any atom is -0.494 e. The lowest BCUT2D eigenvalue weighted by molar-refractivity contribution is -0.122. The smallest absolute Gasteiger partial charge is 0.405 e. The average molecular weight is 292 g/mol. The summed E-state index contributed by atoms with van der Waals surface area (Å²) in [6.45, 7) is 0.460. The van der Waals surface area contributed by atoms with Gasteiger partial charge in [-0.1, -0.05) is 0 Å². The van der Waals surface area contributed by atoms with Crippen LogP contribution in [0.5, 0.6) is 5.75 Å². The summed E-state index contributed by atoms with van der Waals surface area (Å²) in [5.74, 6) is 0.455. The number of halogens is 3. The maximum Gasteiger partial charge on any atom is 0.405 e. The fraction of sp³-hybridized carbons (Fsp3) is 0.417. The topological polar surface area (TPSA) is 70.6 Å². The lowest BCUT2D eigenvalue weighted by Crippen LogP contribution is -2.36. The Bertz CT molecular complexity index is 464. The second kappa shape index (κ2) is 6.99. The Labute approximate surface area is 113 Å². The van der Waals surface area contributed by atoms with Gasteiger partial charge >= 0.3 is 12.2 Å². The second-order valence-electron chi connectivity index (χ2n) is 3.84. The molecule has 0 aliphatic carbocycles. The quantitative estimate of drug-likeness (QED) is 0.779. The highest BCUT2D eigenvalue weighted by Gasteiger charge is 2.27. The van der Waals surface area contributed by atoms with Gasteiger partial charge in [0.15, 0.2) is 0 Å². The first-order valence-corrected chi connectivity index (χ1v) is 5.84. The highest BCUT2D eigenvalue weighted by Crippen LogP contribution is 2.23. The molecule has 8 heteroatoms. The molecule has 0 aliphatic rings. The molecule has 1 aromatic carbocycles. The number of aliphatic hydroxyl groups excluding tert-OH is 1. The van der Waals surface area contributed by atoms with Crippen molar-refractivity contribution < 1.29 is 27.8 Å². The van der Waals surface area contributed by atoms with E-state index in [9.17, 15) is 18.0 Å². The number of hydrogen-bond acceptors (Lipinski definition) is 3. The van der Waals surface area contributed by atoms with Crippen molar-refractivity contribution in [2.24, 2.45) is 0 Å². The van der Waals surface area contributed by atoms with E-state index in [1.807, 2.05) is 0 Å². The van der Waals surface area contributed by atoms with E-state index in [4.69, 9.17) is 9.84 Å². The molecule has 112 valence electrons. The monoisotopic (exact) mass is 292 g/mol. The summed E-state index contributed by atoms with van der Waals surface area (Å²) in [5.41, 5.74) is 0.692. The zero-order chi connectivity index (χ0) is 15.2. The SMILES string of the molecule is CCOc1ccc(NC(=O)NCC(F)(F)F)cc1CO. The third-order valence-corrected chi connectivity index (χ3v) is 2.24. The number of carbonyl (C=O) groups is 1. The summed E-state index contributed by atoms with van der Waals surface area (Å²) in [5, 5.41) is 13.1. The molecule has 1 aromatic rings. The molecule has 0 spiro atoms. The van der Waals surface area contributed by atoms with Crippen molar-refractivity contribution in [3.8, 4) is 5.75 Å². The lowest BCUT2D eigenvalue weighted by atomic mass is 10.2. The summed E-state index contributed by atoms with van der Waals surface area (Å²) in [7, 11) is 0. The highest BCUT2D eigenvalue weighted by molar-refractivity contribution is 5.89. The molecule has 0 radical (unpaired) electrons. The van der Waals surface area contributed by atoms with Gasteiger partial charge in [-0.3, -0.25) is 0 Å². The molecule has 0 saturated carbocycles. The Morgan fingerprint density at radius 3 is 2.65 bits per heavy atom. The van der Waals surface area contributed by atoms with Gasteiger partial charge in [0.05, 0.1) is 13.2 Å². The molecule has 3 N–H and O–H groups in total. The van der Waals surface area contributed by atoms with Crippen molar-refractivity contribution in [3.63, 3.8) is 0 Å². The molecular formula is C12H15F3N2O3. The minimum absolute atomic E-state index is 0.261. The number of nitrogens with one attached hydrogen (secondary N) is 2. The number of aliphatic hydroxyl groups is 1. The number of urea groups is 1. The molecule has 0 bridgehead atoms. The molecule has 2 amide bonds. The number of carbonyl (C=O) groups excluding carboxylic acids is 1. The van der Waals surface area contributed by atoms with Crippen LogP contribution in [-0.2, 0) is 6.61 Å². The molecule has 5 nitrogen and oxygen atoms in total. The van der Waals surface area contributed by atoms with Gasteiger partial charge in [-0.05, 0) is 25.1 Å². The van der Waals surface area contributed by atoms with Crippen molar-refractivity contribution >= 4 is 11.7 Å². The van der Waals surface area contributed by atoms with Crippen molar-refractivity contribution in [2.45, 2.75) is 19.7 Å². The van der Waals surface area contributed by atoms with Crippen LogP contribution in [0.25, 0.3) is 0 Å². The first kappa shape index (κ1) is 16.1. The largest absolute Gasteiger partial charge is 0.494 e. The van der Waals surface area contributed by atoms with Gasteiger partial charge in [-0.2, -0.15) is 13.2 Å². The van der Waals surface area contributed by atoms with Crippen LogP contribution in [0.4, 0.5) is 23.7 Å². The van der Waals surface area contributed by atoms with Crippen LogP contribution in [0.3, 0.4) is 0 Å². The Balaban J connectivity index is 2.66. The number of amides is 2. The molecule has 0 aliphatic heterocycles. The number of ether oxygens (including phenoxy) is 1. The molecule has 0 fully saturated rings. The van der Waals surface area contributed by atoms with Gasteiger partial charge in [0, 0.05) is 11.3 Å². The molecule has 0 unspecified atom stereocenters. The van der Waals surface area contributed by atoms with E-state index < -0.39 is 18.8 Å². The Morgan fingerprint density at radius 1 is 1.40 bits per heavy atom. The number of benzene rings is 1. The molecule has 0 aromatic heterocycles. The number of rotatable bonds is 5. The molecule has 1 rings (SSSR count). The summed E-state index contributed by atoms with van der Waals surface area (Å²) < 4.78 is 41.0. The first-order chi connectivity index (χ1) is 9.35. The van der Waals surface area contributed by atoms with Crippen LogP contribution >= 0.6 is 0 Å². The van der Waals surface area contributed by atoms with Gasteiger partial charge in [0.1, 0.15) is 12.3 Å². The van der Waals surface area contributed by atoms with Crippen LogP contribution < -0.4 is 15.4 Å². The van der Waals surface area contributed by atoms with E-state index >= 15 is 0 Å².